The van der Waals surface area contributed by atoms with E-state index in [4.69, 9.17) is 32.7 Å². The summed E-state index contributed by atoms with van der Waals surface area (Å²) in [4.78, 5) is 12.1. The molecule has 0 atom stereocenters. The quantitative estimate of drug-likeness (QED) is 0.417. The number of halogens is 2. The number of methoxy groups -OCH3 is 2. The number of amides is 1. The van der Waals surface area contributed by atoms with Crippen molar-refractivity contribution < 1.29 is 24.5 Å². The first-order valence-electron chi connectivity index (χ1n) is 6.83. The molecule has 0 saturated carbocycles. The summed E-state index contributed by atoms with van der Waals surface area (Å²) < 4.78 is 10.0. The maximum Gasteiger partial charge on any atom is 0.271 e. The molecule has 2 rings (SSSR count). The van der Waals surface area contributed by atoms with E-state index in [0.29, 0.717) is 21.4 Å². The fourth-order valence-corrected chi connectivity index (χ4v) is 2.58. The van der Waals surface area contributed by atoms with Crippen molar-refractivity contribution in [3.63, 3.8) is 0 Å². The first-order valence-corrected chi connectivity index (χ1v) is 7.59. The fourth-order valence-electron chi connectivity index (χ4n) is 2.00. The number of hydrogen-bond donors (Lipinski definition) is 3. The third-order valence-corrected chi connectivity index (χ3v) is 3.65. The number of carbonyl (C=O) groups excluding carboxylic acids is 1. The van der Waals surface area contributed by atoms with Gasteiger partial charge in [0.2, 0.25) is 5.75 Å². The van der Waals surface area contributed by atoms with Gasteiger partial charge in [-0.05, 0) is 24.3 Å². The van der Waals surface area contributed by atoms with E-state index in [-0.39, 0.29) is 11.3 Å². The fraction of sp³-hybridized carbons (Fsp3) is 0.125. The molecule has 0 aromatic heterocycles. The largest absolute Gasteiger partial charge is 0.504 e. The minimum Gasteiger partial charge on any atom is -0.504 e. The first kappa shape index (κ1) is 18.7. The van der Waals surface area contributed by atoms with Crippen molar-refractivity contribution >= 4 is 35.3 Å². The monoisotopic (exact) mass is 384 g/mol. The van der Waals surface area contributed by atoms with Gasteiger partial charge in [0.15, 0.2) is 11.5 Å². The van der Waals surface area contributed by atoms with Crippen LogP contribution in [0.1, 0.15) is 15.9 Å². The number of phenolic OH excluding ortho intramolecular Hbond substituents is 2. The minimum atomic E-state index is -0.628. The molecule has 9 heteroatoms. The number of phenols is 2. The molecule has 0 unspecified atom stereocenters. The molecule has 3 N–H and O–H groups in total. The molecular formula is C16H14Cl2N2O5. The minimum absolute atomic E-state index is 0.0420. The van der Waals surface area contributed by atoms with Crippen LogP contribution >= 0.6 is 23.2 Å². The van der Waals surface area contributed by atoms with E-state index in [0.717, 1.165) is 6.07 Å². The summed E-state index contributed by atoms with van der Waals surface area (Å²) in [5, 5.41) is 23.7. The predicted molar refractivity (Wildman–Crippen MR) is 94.4 cm³/mol. The molecule has 2 aromatic carbocycles. The zero-order valence-corrected chi connectivity index (χ0v) is 14.7. The number of rotatable bonds is 5. The SMILES string of the molecule is COc1cc(C(=O)N/N=C/c2cc(Cl)cc(Cl)c2OC)cc(O)c1O. The highest BCUT2D eigenvalue weighted by atomic mass is 35.5. The normalized spacial score (nSPS) is 10.7. The van der Waals surface area contributed by atoms with Crippen molar-refractivity contribution in [3.8, 4) is 23.0 Å². The predicted octanol–water partition coefficient (Wildman–Crippen LogP) is 3.19. The van der Waals surface area contributed by atoms with Crippen LogP contribution < -0.4 is 14.9 Å². The van der Waals surface area contributed by atoms with Gasteiger partial charge < -0.3 is 19.7 Å². The molecule has 0 aliphatic carbocycles. The van der Waals surface area contributed by atoms with E-state index in [2.05, 4.69) is 10.5 Å². The molecule has 0 saturated heterocycles. The maximum atomic E-state index is 12.1. The van der Waals surface area contributed by atoms with Crippen LogP contribution in [0.15, 0.2) is 29.4 Å². The van der Waals surface area contributed by atoms with Crippen molar-refractivity contribution in [2.45, 2.75) is 0 Å². The summed E-state index contributed by atoms with van der Waals surface area (Å²) in [5.74, 6) is -1.26. The van der Waals surface area contributed by atoms with Crippen LogP contribution in [-0.2, 0) is 0 Å². The third kappa shape index (κ3) is 4.26. The molecule has 0 heterocycles. The molecule has 2 aromatic rings. The number of hydrazone groups is 1. The van der Waals surface area contributed by atoms with Crippen molar-refractivity contribution in [3.05, 3.63) is 45.4 Å². The molecule has 0 aliphatic heterocycles. The summed E-state index contributed by atoms with van der Waals surface area (Å²) in [5.41, 5.74) is 2.78. The average molecular weight is 385 g/mol. The van der Waals surface area contributed by atoms with Crippen molar-refractivity contribution in [2.75, 3.05) is 14.2 Å². The summed E-state index contributed by atoms with van der Waals surface area (Å²) in [6.45, 7) is 0. The van der Waals surface area contributed by atoms with Gasteiger partial charge in [-0.1, -0.05) is 23.2 Å². The second-order valence-corrected chi connectivity index (χ2v) is 5.60. The van der Waals surface area contributed by atoms with E-state index in [1.807, 2.05) is 0 Å². The standard InChI is InChI=1S/C16H14Cl2N2O5/c1-24-13-5-8(4-12(21)14(13)22)16(23)20-19-7-9-3-10(17)6-11(18)15(9)25-2/h3-7,21-22H,1-2H3,(H,20,23)/b19-7+. The second kappa shape index (κ2) is 7.96. The lowest BCUT2D eigenvalue weighted by Gasteiger charge is -2.08. The smallest absolute Gasteiger partial charge is 0.271 e. The Labute approximate surface area is 153 Å². The van der Waals surface area contributed by atoms with Gasteiger partial charge in [-0.15, -0.1) is 0 Å². The summed E-state index contributed by atoms with van der Waals surface area (Å²) in [6.07, 6.45) is 1.31. The van der Waals surface area contributed by atoms with Gasteiger partial charge in [0.1, 0.15) is 5.75 Å². The van der Waals surface area contributed by atoms with Crippen LogP contribution in [0.2, 0.25) is 10.0 Å². The number of benzene rings is 2. The summed E-state index contributed by atoms with van der Waals surface area (Å²) in [6, 6.07) is 5.43. The molecule has 132 valence electrons. The van der Waals surface area contributed by atoms with Crippen LogP contribution in [0.25, 0.3) is 0 Å². The lowest BCUT2D eigenvalue weighted by atomic mass is 10.1. The Balaban J connectivity index is 2.21. The van der Waals surface area contributed by atoms with Crippen LogP contribution in [-0.4, -0.2) is 36.6 Å². The number of nitrogens with zero attached hydrogens (tertiary/aromatic N) is 1. The lowest BCUT2D eigenvalue weighted by Crippen LogP contribution is -2.17. The Morgan fingerprint density at radius 1 is 1.16 bits per heavy atom. The van der Waals surface area contributed by atoms with E-state index < -0.39 is 17.4 Å². The van der Waals surface area contributed by atoms with Crippen molar-refractivity contribution in [1.82, 2.24) is 5.43 Å². The molecular weight excluding hydrogens is 371 g/mol. The van der Waals surface area contributed by atoms with E-state index >= 15 is 0 Å². The summed E-state index contributed by atoms with van der Waals surface area (Å²) >= 11 is 11.9. The summed E-state index contributed by atoms with van der Waals surface area (Å²) in [7, 11) is 2.74. The highest BCUT2D eigenvalue weighted by Gasteiger charge is 2.14. The van der Waals surface area contributed by atoms with Gasteiger partial charge in [0, 0.05) is 16.1 Å². The number of nitrogens with one attached hydrogen (secondary N) is 1. The Hall–Kier alpha value is -2.64. The Kier molecular flexibility index (Phi) is 5.95. The van der Waals surface area contributed by atoms with Crippen LogP contribution in [0.5, 0.6) is 23.0 Å². The Morgan fingerprint density at radius 2 is 1.88 bits per heavy atom. The van der Waals surface area contributed by atoms with Crippen LogP contribution in [0.4, 0.5) is 0 Å². The van der Waals surface area contributed by atoms with Crippen LogP contribution in [0, 0.1) is 0 Å². The first-order chi connectivity index (χ1) is 11.9. The van der Waals surface area contributed by atoms with Crippen LogP contribution in [0.3, 0.4) is 0 Å². The highest BCUT2D eigenvalue weighted by molar-refractivity contribution is 6.36. The highest BCUT2D eigenvalue weighted by Crippen LogP contribution is 2.36. The number of carbonyl (C=O) groups is 1. The Bertz CT molecular complexity index is 840. The molecule has 0 aliphatic rings. The number of ether oxygens (including phenoxy) is 2. The van der Waals surface area contributed by atoms with E-state index in [1.54, 1.807) is 6.07 Å². The molecule has 1 amide bonds. The molecule has 0 radical (unpaired) electrons. The van der Waals surface area contributed by atoms with Gasteiger partial charge in [-0.3, -0.25) is 4.79 Å². The zero-order valence-electron chi connectivity index (χ0n) is 13.2. The topological polar surface area (TPSA) is 100 Å². The average Bonchev–Trinajstić information content (AvgIpc) is 2.56. The molecule has 0 spiro atoms. The number of aromatic hydroxyl groups is 2. The van der Waals surface area contributed by atoms with E-state index in [9.17, 15) is 15.0 Å². The van der Waals surface area contributed by atoms with Gasteiger partial charge >= 0.3 is 0 Å². The molecule has 7 nitrogen and oxygen atoms in total. The number of hydrogen-bond acceptors (Lipinski definition) is 6. The third-order valence-electron chi connectivity index (χ3n) is 3.15. The maximum absolute atomic E-state index is 12.1. The van der Waals surface area contributed by atoms with Gasteiger partial charge in [0.05, 0.1) is 25.5 Å². The van der Waals surface area contributed by atoms with E-state index in [1.165, 1.54) is 32.6 Å². The van der Waals surface area contributed by atoms with Crippen molar-refractivity contribution in [1.29, 1.82) is 0 Å². The second-order valence-electron chi connectivity index (χ2n) is 4.76. The van der Waals surface area contributed by atoms with Gasteiger partial charge in [-0.25, -0.2) is 5.43 Å². The zero-order chi connectivity index (χ0) is 18.6. The van der Waals surface area contributed by atoms with Gasteiger partial charge in [-0.2, -0.15) is 5.10 Å². The molecule has 0 bridgehead atoms. The molecule has 25 heavy (non-hydrogen) atoms. The van der Waals surface area contributed by atoms with Gasteiger partial charge in [0.25, 0.3) is 5.91 Å². The Morgan fingerprint density at radius 3 is 2.52 bits per heavy atom. The lowest BCUT2D eigenvalue weighted by molar-refractivity contribution is 0.0954. The molecule has 0 fully saturated rings. The van der Waals surface area contributed by atoms with Crippen molar-refractivity contribution in [2.24, 2.45) is 5.10 Å².